The van der Waals surface area contributed by atoms with Crippen LogP contribution in [0.4, 0.5) is 0 Å². The van der Waals surface area contributed by atoms with Crippen LogP contribution < -0.4 is 0 Å². The molecule has 116 valence electrons. The van der Waals surface area contributed by atoms with Crippen molar-refractivity contribution in [2.24, 2.45) is 0 Å². The average molecular weight is 284 g/mol. The van der Waals surface area contributed by atoms with Crippen LogP contribution in [-0.4, -0.2) is 59.0 Å². The quantitative estimate of drug-likeness (QED) is 0.692. The van der Waals surface area contributed by atoms with Crippen molar-refractivity contribution in [1.82, 2.24) is 9.80 Å². The smallest absolute Gasteiger partial charge is 0.327 e. The SMILES string of the molecule is CCCCCCCCN1CCN(C(C)=O)C(C(=O)O)C1. The third-order valence-electron chi connectivity index (χ3n) is 3.98. The highest BCUT2D eigenvalue weighted by atomic mass is 16.4. The number of aliphatic carboxylic acids is 1. The largest absolute Gasteiger partial charge is 0.480 e. The standard InChI is InChI=1S/C15H28N2O3/c1-3-4-5-6-7-8-9-16-10-11-17(13(2)18)14(12-16)15(19)20/h14H,3-12H2,1-2H3,(H,19,20). The van der Waals surface area contributed by atoms with Crippen molar-refractivity contribution >= 4 is 11.9 Å². The van der Waals surface area contributed by atoms with Gasteiger partial charge in [-0.25, -0.2) is 4.79 Å². The topological polar surface area (TPSA) is 60.9 Å². The molecule has 0 aliphatic carbocycles. The number of amides is 1. The molecule has 5 heteroatoms. The van der Waals surface area contributed by atoms with E-state index in [-0.39, 0.29) is 5.91 Å². The van der Waals surface area contributed by atoms with E-state index in [4.69, 9.17) is 0 Å². The van der Waals surface area contributed by atoms with Crippen LogP contribution in [-0.2, 0) is 9.59 Å². The number of carbonyl (C=O) groups excluding carboxylic acids is 1. The van der Waals surface area contributed by atoms with Gasteiger partial charge in [-0.3, -0.25) is 9.69 Å². The van der Waals surface area contributed by atoms with E-state index in [0.717, 1.165) is 19.5 Å². The molecule has 1 fully saturated rings. The molecule has 0 spiro atoms. The van der Waals surface area contributed by atoms with Crippen molar-refractivity contribution < 1.29 is 14.7 Å². The van der Waals surface area contributed by atoms with Gasteiger partial charge in [0.25, 0.3) is 0 Å². The summed E-state index contributed by atoms with van der Waals surface area (Å²) < 4.78 is 0. The van der Waals surface area contributed by atoms with Crippen molar-refractivity contribution in [3.8, 4) is 0 Å². The summed E-state index contributed by atoms with van der Waals surface area (Å²) in [6, 6.07) is -0.679. The van der Waals surface area contributed by atoms with Crippen LogP contribution in [0, 0.1) is 0 Å². The van der Waals surface area contributed by atoms with Crippen molar-refractivity contribution in [3.63, 3.8) is 0 Å². The maximum absolute atomic E-state index is 11.4. The van der Waals surface area contributed by atoms with Crippen LogP contribution in [0.5, 0.6) is 0 Å². The molecule has 1 aliphatic rings. The van der Waals surface area contributed by atoms with Crippen molar-refractivity contribution in [3.05, 3.63) is 0 Å². The molecule has 20 heavy (non-hydrogen) atoms. The fraction of sp³-hybridized carbons (Fsp3) is 0.867. The number of nitrogens with zero attached hydrogens (tertiary/aromatic N) is 2. The Balaban J connectivity index is 2.28. The van der Waals surface area contributed by atoms with Gasteiger partial charge in [-0.05, 0) is 13.0 Å². The maximum Gasteiger partial charge on any atom is 0.327 e. The first-order chi connectivity index (χ1) is 9.56. The molecule has 1 atom stereocenters. The summed E-state index contributed by atoms with van der Waals surface area (Å²) >= 11 is 0. The van der Waals surface area contributed by atoms with E-state index in [2.05, 4.69) is 11.8 Å². The Labute approximate surface area is 121 Å². The number of carboxylic acids is 1. The number of carboxylic acid groups (broad SMARTS) is 1. The third-order valence-corrected chi connectivity index (χ3v) is 3.98. The molecule has 1 amide bonds. The molecule has 1 heterocycles. The fourth-order valence-electron chi connectivity index (χ4n) is 2.75. The molecule has 5 nitrogen and oxygen atoms in total. The highest BCUT2D eigenvalue weighted by Gasteiger charge is 2.33. The van der Waals surface area contributed by atoms with Crippen LogP contribution in [0.1, 0.15) is 52.4 Å². The van der Waals surface area contributed by atoms with Gasteiger partial charge in [0.1, 0.15) is 6.04 Å². The van der Waals surface area contributed by atoms with Gasteiger partial charge in [-0.15, -0.1) is 0 Å². The summed E-state index contributed by atoms with van der Waals surface area (Å²) in [7, 11) is 0. The van der Waals surface area contributed by atoms with E-state index in [0.29, 0.717) is 13.1 Å². The molecule has 0 aromatic heterocycles. The highest BCUT2D eigenvalue weighted by Crippen LogP contribution is 2.12. The Hall–Kier alpha value is -1.10. The molecule has 0 radical (unpaired) electrons. The third kappa shape index (κ3) is 5.49. The molecule has 0 saturated carbocycles. The summed E-state index contributed by atoms with van der Waals surface area (Å²) in [6.45, 7) is 6.38. The number of piperazine rings is 1. The number of carbonyl (C=O) groups is 2. The lowest BCUT2D eigenvalue weighted by atomic mass is 10.1. The molecule has 0 aromatic carbocycles. The Morgan fingerprint density at radius 3 is 2.35 bits per heavy atom. The van der Waals surface area contributed by atoms with E-state index in [9.17, 15) is 14.7 Å². The molecule has 0 aromatic rings. The van der Waals surface area contributed by atoms with Gasteiger partial charge < -0.3 is 10.0 Å². The van der Waals surface area contributed by atoms with Gasteiger partial charge in [0.05, 0.1) is 0 Å². The molecular weight excluding hydrogens is 256 g/mol. The number of rotatable bonds is 8. The van der Waals surface area contributed by atoms with Crippen molar-refractivity contribution in [1.29, 1.82) is 0 Å². The maximum atomic E-state index is 11.4. The molecule has 1 rings (SSSR count). The van der Waals surface area contributed by atoms with Gasteiger partial charge >= 0.3 is 5.97 Å². The lowest BCUT2D eigenvalue weighted by Gasteiger charge is -2.38. The van der Waals surface area contributed by atoms with Gasteiger partial charge in [0.15, 0.2) is 0 Å². The Morgan fingerprint density at radius 2 is 1.75 bits per heavy atom. The first kappa shape index (κ1) is 17.0. The monoisotopic (exact) mass is 284 g/mol. The lowest BCUT2D eigenvalue weighted by Crippen LogP contribution is -2.57. The minimum Gasteiger partial charge on any atom is -0.480 e. The zero-order chi connectivity index (χ0) is 15.0. The van der Waals surface area contributed by atoms with E-state index >= 15 is 0 Å². The summed E-state index contributed by atoms with van der Waals surface area (Å²) in [5.41, 5.74) is 0. The first-order valence-electron chi connectivity index (χ1n) is 7.78. The molecule has 1 saturated heterocycles. The van der Waals surface area contributed by atoms with Crippen LogP contribution in [0.2, 0.25) is 0 Å². The van der Waals surface area contributed by atoms with E-state index in [1.807, 2.05) is 0 Å². The van der Waals surface area contributed by atoms with Gasteiger partial charge in [0.2, 0.25) is 5.91 Å². The summed E-state index contributed by atoms with van der Waals surface area (Å²) in [5, 5.41) is 9.22. The Kier molecular flexibility index (Phi) is 7.59. The van der Waals surface area contributed by atoms with Crippen LogP contribution >= 0.6 is 0 Å². The second-order valence-corrected chi connectivity index (χ2v) is 5.63. The molecule has 1 N–H and O–H groups in total. The number of unbranched alkanes of at least 4 members (excludes halogenated alkanes) is 5. The van der Waals surface area contributed by atoms with E-state index in [1.54, 1.807) is 0 Å². The Morgan fingerprint density at radius 1 is 1.10 bits per heavy atom. The molecule has 0 bridgehead atoms. The minimum atomic E-state index is -0.896. The summed E-state index contributed by atoms with van der Waals surface area (Å²) in [6.07, 6.45) is 7.46. The minimum absolute atomic E-state index is 0.142. The van der Waals surface area contributed by atoms with Crippen LogP contribution in [0.25, 0.3) is 0 Å². The van der Waals surface area contributed by atoms with Crippen LogP contribution in [0.3, 0.4) is 0 Å². The predicted octanol–water partition coefficient (Wildman–Crippen LogP) is 1.96. The molecule has 1 aliphatic heterocycles. The fourth-order valence-corrected chi connectivity index (χ4v) is 2.75. The van der Waals surface area contributed by atoms with E-state index in [1.165, 1.54) is 43.9 Å². The first-order valence-corrected chi connectivity index (χ1v) is 7.78. The molecular formula is C15H28N2O3. The predicted molar refractivity (Wildman–Crippen MR) is 78.6 cm³/mol. The van der Waals surface area contributed by atoms with Crippen LogP contribution in [0.15, 0.2) is 0 Å². The van der Waals surface area contributed by atoms with E-state index < -0.39 is 12.0 Å². The highest BCUT2D eigenvalue weighted by molar-refractivity contribution is 5.82. The normalized spacial score (nSPS) is 20.1. The van der Waals surface area contributed by atoms with Crippen molar-refractivity contribution in [2.45, 2.75) is 58.4 Å². The summed E-state index contributed by atoms with van der Waals surface area (Å²) in [4.78, 5) is 26.3. The number of hydrogen-bond donors (Lipinski definition) is 1. The van der Waals surface area contributed by atoms with Gasteiger partial charge in [-0.2, -0.15) is 0 Å². The van der Waals surface area contributed by atoms with Gasteiger partial charge in [0, 0.05) is 26.6 Å². The second kappa shape index (κ2) is 8.95. The summed E-state index contributed by atoms with van der Waals surface area (Å²) in [5.74, 6) is -1.04. The van der Waals surface area contributed by atoms with Crippen molar-refractivity contribution in [2.75, 3.05) is 26.2 Å². The van der Waals surface area contributed by atoms with Gasteiger partial charge in [-0.1, -0.05) is 39.0 Å². The lowest BCUT2D eigenvalue weighted by molar-refractivity contribution is -0.152. The second-order valence-electron chi connectivity index (χ2n) is 5.63. The molecule has 1 unspecified atom stereocenters. The Bertz CT molecular complexity index is 320. The zero-order valence-electron chi connectivity index (χ0n) is 12.8. The average Bonchev–Trinajstić information content (AvgIpc) is 2.42. The zero-order valence-corrected chi connectivity index (χ0v) is 12.8. The number of hydrogen-bond acceptors (Lipinski definition) is 3.